The number of benzene rings is 5. The molecule has 0 aliphatic rings. The Bertz CT molecular complexity index is 2420. The van der Waals surface area contributed by atoms with E-state index in [4.69, 9.17) is 15.0 Å². The van der Waals surface area contributed by atoms with Crippen LogP contribution in [-0.2, 0) is 6.42 Å². The van der Waals surface area contributed by atoms with Crippen molar-refractivity contribution < 1.29 is 0 Å². The summed E-state index contributed by atoms with van der Waals surface area (Å²) in [6, 6.07) is 54.6. The van der Waals surface area contributed by atoms with Crippen molar-refractivity contribution in [3.05, 3.63) is 188 Å². The molecule has 0 radical (unpaired) electrons. The topological polar surface area (TPSA) is 64.5 Å². The Morgan fingerprint density at radius 3 is 1.16 bits per heavy atom. The zero-order chi connectivity index (χ0) is 34.4. The molecule has 8 aromatic rings. The second-order valence-corrected chi connectivity index (χ2v) is 12.3. The Kier molecular flexibility index (Phi) is 8.83. The lowest BCUT2D eigenvalue weighted by atomic mass is 9.94. The van der Waals surface area contributed by atoms with Gasteiger partial charge in [0.25, 0.3) is 0 Å². The third-order valence-electron chi connectivity index (χ3n) is 8.77. The van der Waals surface area contributed by atoms with Gasteiger partial charge in [-0.05, 0) is 105 Å². The fourth-order valence-corrected chi connectivity index (χ4v) is 6.24. The number of aromatic nitrogens is 5. The lowest BCUT2D eigenvalue weighted by molar-refractivity contribution is 1.05. The van der Waals surface area contributed by atoms with E-state index in [2.05, 4.69) is 126 Å². The summed E-state index contributed by atoms with van der Waals surface area (Å²) in [5, 5.41) is 0. The monoisotopic (exact) mass is 655 g/mol. The van der Waals surface area contributed by atoms with Crippen LogP contribution in [0.1, 0.15) is 5.56 Å². The number of rotatable bonds is 9. The van der Waals surface area contributed by atoms with Crippen LogP contribution < -0.4 is 0 Å². The third-order valence-corrected chi connectivity index (χ3v) is 8.77. The average Bonchev–Trinajstić information content (AvgIpc) is 3.22. The molecule has 3 aromatic heterocycles. The first kappa shape index (κ1) is 31.4. The normalized spacial score (nSPS) is 10.9. The van der Waals surface area contributed by atoms with E-state index in [9.17, 15) is 0 Å². The minimum Gasteiger partial charge on any atom is -0.253 e. The first-order chi connectivity index (χ1) is 25.2. The largest absolute Gasteiger partial charge is 0.253 e. The fraction of sp³-hybridized carbons (Fsp3) is 0.0217. The summed E-state index contributed by atoms with van der Waals surface area (Å²) in [7, 11) is 0. The van der Waals surface area contributed by atoms with E-state index in [1.54, 1.807) is 12.4 Å². The Morgan fingerprint density at radius 1 is 0.373 bits per heavy atom. The SMILES string of the molecule is C=CCc1cccc(-c2cccc(-c3cccc(-c4cccc(-c5cccc(-c6nc(-c7ccccn7)nc(-c7ccccn7)n6)c5)c4)c3)c2)c1. The lowest BCUT2D eigenvalue weighted by Gasteiger charge is -2.11. The molecule has 5 heteroatoms. The van der Waals surface area contributed by atoms with Crippen molar-refractivity contribution in [1.29, 1.82) is 0 Å². The molecule has 5 aromatic carbocycles. The van der Waals surface area contributed by atoms with Gasteiger partial charge in [-0.3, -0.25) is 9.97 Å². The first-order valence-electron chi connectivity index (χ1n) is 16.9. The van der Waals surface area contributed by atoms with Gasteiger partial charge < -0.3 is 0 Å². The maximum atomic E-state index is 4.86. The summed E-state index contributed by atoms with van der Waals surface area (Å²) >= 11 is 0. The molecule has 51 heavy (non-hydrogen) atoms. The van der Waals surface area contributed by atoms with Gasteiger partial charge in [0.2, 0.25) is 0 Å². The quantitative estimate of drug-likeness (QED) is 0.145. The van der Waals surface area contributed by atoms with Crippen molar-refractivity contribution >= 4 is 0 Å². The Labute approximate surface area is 297 Å². The van der Waals surface area contributed by atoms with Crippen LogP contribution in [0.3, 0.4) is 0 Å². The minimum absolute atomic E-state index is 0.500. The molecule has 0 spiro atoms. The third kappa shape index (κ3) is 7.00. The fourth-order valence-electron chi connectivity index (χ4n) is 6.24. The van der Waals surface area contributed by atoms with E-state index in [1.165, 1.54) is 27.8 Å². The van der Waals surface area contributed by atoms with Crippen molar-refractivity contribution in [2.75, 3.05) is 0 Å². The first-order valence-corrected chi connectivity index (χ1v) is 16.9. The van der Waals surface area contributed by atoms with Gasteiger partial charge in [0.1, 0.15) is 11.4 Å². The molecule has 0 saturated carbocycles. The molecule has 8 rings (SSSR count). The van der Waals surface area contributed by atoms with Gasteiger partial charge in [-0.2, -0.15) is 0 Å². The molecule has 0 aliphatic carbocycles. The number of nitrogens with zero attached hydrogens (tertiary/aromatic N) is 5. The molecule has 0 unspecified atom stereocenters. The summed E-state index contributed by atoms with van der Waals surface area (Å²) in [6.07, 6.45) is 6.28. The summed E-state index contributed by atoms with van der Waals surface area (Å²) < 4.78 is 0. The number of pyridine rings is 2. The zero-order valence-electron chi connectivity index (χ0n) is 27.9. The number of hydrogen-bond acceptors (Lipinski definition) is 5. The Morgan fingerprint density at radius 2 is 0.745 bits per heavy atom. The molecular formula is C46H33N5. The van der Waals surface area contributed by atoms with E-state index in [1.807, 2.05) is 54.6 Å². The smallest absolute Gasteiger partial charge is 0.182 e. The Balaban J connectivity index is 1.12. The highest BCUT2D eigenvalue weighted by atomic mass is 15.1. The number of hydrogen-bond donors (Lipinski definition) is 0. The molecule has 0 atom stereocenters. The molecule has 0 fully saturated rings. The highest BCUT2D eigenvalue weighted by molar-refractivity contribution is 5.80. The van der Waals surface area contributed by atoms with Gasteiger partial charge >= 0.3 is 0 Å². The Hall–Kier alpha value is -6.85. The second kappa shape index (κ2) is 14.3. The average molecular weight is 656 g/mol. The predicted octanol–water partition coefficient (Wildman–Crippen LogP) is 11.1. The zero-order valence-corrected chi connectivity index (χ0v) is 27.9. The molecule has 0 bridgehead atoms. The molecule has 0 saturated heterocycles. The van der Waals surface area contributed by atoms with Crippen LogP contribution in [0.15, 0.2) is 183 Å². The van der Waals surface area contributed by atoms with Gasteiger partial charge in [-0.15, -0.1) is 6.58 Å². The standard InChI is InChI=1S/C46H33N5/c1-2-12-32-13-7-14-33(27-32)34-15-8-16-35(28-34)36-17-9-18-37(29-36)38-19-10-20-39(30-38)40-21-11-22-41(31-40)44-49-45(42-23-3-5-25-47-42)51-46(50-44)43-24-4-6-26-48-43/h2-11,13-31H,1,12H2. The maximum Gasteiger partial charge on any atom is 0.182 e. The van der Waals surface area contributed by atoms with Crippen LogP contribution in [0, 0.1) is 0 Å². The highest BCUT2D eigenvalue weighted by Gasteiger charge is 2.14. The van der Waals surface area contributed by atoms with Crippen molar-refractivity contribution in [1.82, 2.24) is 24.9 Å². The predicted molar refractivity (Wildman–Crippen MR) is 207 cm³/mol. The summed E-state index contributed by atoms with van der Waals surface area (Å²) in [5.41, 5.74) is 12.7. The van der Waals surface area contributed by atoms with Crippen LogP contribution in [0.4, 0.5) is 0 Å². The van der Waals surface area contributed by atoms with Crippen molar-refractivity contribution in [2.45, 2.75) is 6.42 Å². The highest BCUT2D eigenvalue weighted by Crippen LogP contribution is 2.33. The van der Waals surface area contributed by atoms with Crippen LogP contribution >= 0.6 is 0 Å². The maximum absolute atomic E-state index is 4.86. The van der Waals surface area contributed by atoms with E-state index < -0.39 is 0 Å². The molecule has 0 amide bonds. The van der Waals surface area contributed by atoms with Crippen molar-refractivity contribution in [2.24, 2.45) is 0 Å². The molecule has 5 nitrogen and oxygen atoms in total. The second-order valence-electron chi connectivity index (χ2n) is 12.3. The van der Waals surface area contributed by atoms with E-state index >= 15 is 0 Å². The molecule has 0 aliphatic heterocycles. The summed E-state index contributed by atoms with van der Waals surface area (Å²) in [5.74, 6) is 1.56. The van der Waals surface area contributed by atoms with Gasteiger partial charge in [-0.25, -0.2) is 15.0 Å². The van der Waals surface area contributed by atoms with Crippen molar-refractivity contribution in [3.8, 4) is 78.9 Å². The van der Waals surface area contributed by atoms with Crippen molar-refractivity contribution in [3.63, 3.8) is 0 Å². The van der Waals surface area contributed by atoms with Crippen LogP contribution in [0.25, 0.3) is 78.9 Å². The van der Waals surface area contributed by atoms with E-state index in [0.29, 0.717) is 28.9 Å². The van der Waals surface area contributed by atoms with Crippen LogP contribution in [0.2, 0.25) is 0 Å². The van der Waals surface area contributed by atoms with Gasteiger partial charge in [0, 0.05) is 18.0 Å². The molecule has 0 N–H and O–H groups in total. The molecule has 3 heterocycles. The number of allylic oxidation sites excluding steroid dienone is 1. The van der Waals surface area contributed by atoms with Crippen LogP contribution in [0.5, 0.6) is 0 Å². The van der Waals surface area contributed by atoms with Gasteiger partial charge in [0.15, 0.2) is 17.5 Å². The summed E-state index contributed by atoms with van der Waals surface area (Å²) in [6.45, 7) is 3.90. The van der Waals surface area contributed by atoms with E-state index in [0.717, 1.165) is 34.2 Å². The van der Waals surface area contributed by atoms with Gasteiger partial charge in [0.05, 0.1) is 0 Å². The van der Waals surface area contributed by atoms with E-state index in [-0.39, 0.29) is 0 Å². The van der Waals surface area contributed by atoms with Gasteiger partial charge in [-0.1, -0.05) is 115 Å². The lowest BCUT2D eigenvalue weighted by Crippen LogP contribution is -2.01. The van der Waals surface area contributed by atoms with Crippen LogP contribution in [-0.4, -0.2) is 24.9 Å². The summed E-state index contributed by atoms with van der Waals surface area (Å²) in [4.78, 5) is 23.5. The minimum atomic E-state index is 0.500. The molecular weight excluding hydrogens is 623 g/mol. The molecule has 242 valence electrons.